The summed E-state index contributed by atoms with van der Waals surface area (Å²) in [5.41, 5.74) is 2.09. The van der Waals surface area contributed by atoms with Gasteiger partial charge in [-0.2, -0.15) is 0 Å². The quantitative estimate of drug-likeness (QED) is 0.457. The zero-order chi connectivity index (χ0) is 15.4. The van der Waals surface area contributed by atoms with E-state index in [1.807, 2.05) is 4.90 Å². The van der Waals surface area contributed by atoms with E-state index in [9.17, 15) is 10.1 Å². The molecule has 21 heavy (non-hydrogen) atoms. The van der Waals surface area contributed by atoms with E-state index in [0.29, 0.717) is 24.8 Å². The van der Waals surface area contributed by atoms with E-state index in [-0.39, 0.29) is 11.5 Å². The minimum atomic E-state index is -0.495. The Morgan fingerprint density at radius 1 is 1.38 bits per heavy atom. The summed E-state index contributed by atoms with van der Waals surface area (Å²) in [5.74, 6) is 6.26. The Balaban J connectivity index is 2.15. The van der Waals surface area contributed by atoms with Gasteiger partial charge in [-0.3, -0.25) is 15.0 Å². The molecule has 0 saturated carbocycles. The molecule has 9 heteroatoms. The number of nitrogens with one attached hydrogen (secondary N) is 1. The maximum absolute atomic E-state index is 11.2. The molecule has 116 valence electrons. The summed E-state index contributed by atoms with van der Waals surface area (Å²) in [6, 6.07) is 0. The van der Waals surface area contributed by atoms with Crippen molar-refractivity contribution in [2.45, 2.75) is 13.8 Å². The number of anilines is 2. The normalized spacial score (nSPS) is 16.3. The van der Waals surface area contributed by atoms with Crippen LogP contribution in [0.2, 0.25) is 0 Å². The van der Waals surface area contributed by atoms with Gasteiger partial charge in [-0.05, 0) is 5.92 Å². The highest BCUT2D eigenvalue weighted by Gasteiger charge is 2.28. The molecule has 0 aromatic carbocycles. The van der Waals surface area contributed by atoms with Crippen LogP contribution < -0.4 is 16.2 Å². The van der Waals surface area contributed by atoms with Gasteiger partial charge in [0.2, 0.25) is 11.6 Å². The topological polar surface area (TPSA) is 113 Å². The molecule has 0 aliphatic carbocycles. The highest BCUT2D eigenvalue weighted by molar-refractivity contribution is 5.70. The highest BCUT2D eigenvalue weighted by Crippen LogP contribution is 2.31. The molecule has 1 aromatic heterocycles. The van der Waals surface area contributed by atoms with Gasteiger partial charge in [0, 0.05) is 32.7 Å². The van der Waals surface area contributed by atoms with Crippen molar-refractivity contribution in [2.75, 3.05) is 43.0 Å². The number of hydrazine groups is 1. The largest absolute Gasteiger partial charge is 0.354 e. The first-order valence-electron chi connectivity index (χ1n) is 6.96. The van der Waals surface area contributed by atoms with Crippen molar-refractivity contribution in [3.8, 4) is 0 Å². The summed E-state index contributed by atoms with van der Waals surface area (Å²) >= 11 is 0. The van der Waals surface area contributed by atoms with Gasteiger partial charge in [-0.1, -0.05) is 13.8 Å². The van der Waals surface area contributed by atoms with Crippen molar-refractivity contribution in [3.05, 3.63) is 16.4 Å². The monoisotopic (exact) mass is 295 g/mol. The van der Waals surface area contributed by atoms with Crippen LogP contribution in [0.4, 0.5) is 17.3 Å². The summed E-state index contributed by atoms with van der Waals surface area (Å²) in [4.78, 5) is 22.9. The van der Waals surface area contributed by atoms with Crippen LogP contribution in [0.15, 0.2) is 6.33 Å². The maximum Gasteiger partial charge on any atom is 0.354 e. The lowest BCUT2D eigenvalue weighted by Crippen LogP contribution is -2.47. The SMILES string of the molecule is CC(C)CN1CCN(c2ncnc(NN)c2[N+](=O)[O-])CC1. The number of nitrogens with two attached hydrogens (primary N) is 1. The predicted octanol–water partition coefficient (Wildman–Crippen LogP) is 0.448. The molecule has 0 spiro atoms. The third-order valence-corrected chi connectivity index (χ3v) is 3.42. The number of nitro groups is 1. The molecule has 0 amide bonds. The molecule has 2 heterocycles. The summed E-state index contributed by atoms with van der Waals surface area (Å²) in [7, 11) is 0. The zero-order valence-electron chi connectivity index (χ0n) is 12.3. The smallest absolute Gasteiger partial charge is 0.348 e. The molecule has 1 saturated heterocycles. The van der Waals surface area contributed by atoms with Gasteiger partial charge in [0.05, 0.1) is 4.92 Å². The van der Waals surface area contributed by atoms with Gasteiger partial charge < -0.3 is 10.3 Å². The first-order chi connectivity index (χ1) is 10.0. The maximum atomic E-state index is 11.2. The molecule has 2 rings (SSSR count). The van der Waals surface area contributed by atoms with Gasteiger partial charge in [-0.25, -0.2) is 15.8 Å². The molecule has 3 N–H and O–H groups in total. The lowest BCUT2D eigenvalue weighted by molar-refractivity contribution is -0.383. The Morgan fingerprint density at radius 2 is 2.05 bits per heavy atom. The molecule has 1 aliphatic rings. The summed E-state index contributed by atoms with van der Waals surface area (Å²) in [6.07, 6.45) is 1.29. The summed E-state index contributed by atoms with van der Waals surface area (Å²) in [6.45, 7) is 8.54. The third kappa shape index (κ3) is 3.56. The van der Waals surface area contributed by atoms with E-state index in [0.717, 1.165) is 19.6 Å². The van der Waals surface area contributed by atoms with Crippen LogP contribution in [0.3, 0.4) is 0 Å². The lowest BCUT2D eigenvalue weighted by atomic mass is 10.2. The second-order valence-electron chi connectivity index (χ2n) is 5.48. The Bertz CT molecular complexity index is 500. The van der Waals surface area contributed by atoms with Crippen LogP contribution in [0, 0.1) is 16.0 Å². The second kappa shape index (κ2) is 6.64. The Morgan fingerprint density at radius 3 is 2.57 bits per heavy atom. The van der Waals surface area contributed by atoms with Crippen LogP contribution in [0.1, 0.15) is 13.8 Å². The summed E-state index contributed by atoms with van der Waals surface area (Å²) in [5, 5.41) is 11.2. The fourth-order valence-electron chi connectivity index (χ4n) is 2.53. The molecule has 1 aliphatic heterocycles. The number of nitrogens with zero attached hydrogens (tertiary/aromatic N) is 5. The van der Waals surface area contributed by atoms with E-state index in [2.05, 4.69) is 34.1 Å². The van der Waals surface area contributed by atoms with Gasteiger partial charge >= 0.3 is 5.69 Å². The Labute approximate surface area is 123 Å². The molecule has 0 bridgehead atoms. The van der Waals surface area contributed by atoms with Crippen molar-refractivity contribution in [1.29, 1.82) is 0 Å². The molecule has 0 unspecified atom stereocenters. The molecular formula is C12H21N7O2. The average Bonchev–Trinajstić information content (AvgIpc) is 2.46. The number of aromatic nitrogens is 2. The minimum Gasteiger partial charge on any atom is -0.348 e. The van der Waals surface area contributed by atoms with Crippen molar-refractivity contribution < 1.29 is 4.92 Å². The summed E-state index contributed by atoms with van der Waals surface area (Å²) < 4.78 is 0. The van der Waals surface area contributed by atoms with Crippen molar-refractivity contribution >= 4 is 17.3 Å². The molecule has 0 radical (unpaired) electrons. The van der Waals surface area contributed by atoms with Crippen LogP contribution >= 0.6 is 0 Å². The number of nitrogen functional groups attached to an aromatic ring is 1. The van der Waals surface area contributed by atoms with Crippen LogP contribution in [-0.4, -0.2) is 52.5 Å². The van der Waals surface area contributed by atoms with E-state index in [4.69, 9.17) is 5.84 Å². The van der Waals surface area contributed by atoms with Crippen molar-refractivity contribution in [3.63, 3.8) is 0 Å². The highest BCUT2D eigenvalue weighted by atomic mass is 16.6. The van der Waals surface area contributed by atoms with Crippen LogP contribution in [-0.2, 0) is 0 Å². The molecular weight excluding hydrogens is 274 g/mol. The fraction of sp³-hybridized carbons (Fsp3) is 0.667. The van der Waals surface area contributed by atoms with Gasteiger partial charge in [0.15, 0.2) is 0 Å². The van der Waals surface area contributed by atoms with E-state index in [1.165, 1.54) is 6.33 Å². The number of hydrogen-bond acceptors (Lipinski definition) is 8. The molecule has 9 nitrogen and oxygen atoms in total. The number of rotatable bonds is 5. The van der Waals surface area contributed by atoms with Gasteiger partial charge in [0.25, 0.3) is 0 Å². The van der Waals surface area contributed by atoms with Gasteiger partial charge in [0.1, 0.15) is 6.33 Å². The molecule has 0 atom stereocenters. The number of piperazine rings is 1. The first kappa shape index (κ1) is 15.4. The molecule has 1 aromatic rings. The Hall–Kier alpha value is -2.00. The standard InChI is InChI=1S/C12H21N7O2/c1-9(2)7-17-3-5-18(6-4-17)12-10(19(20)21)11(16-13)14-8-15-12/h8-9H,3-7,13H2,1-2H3,(H,14,15,16). The van der Waals surface area contributed by atoms with E-state index < -0.39 is 4.92 Å². The minimum absolute atomic E-state index is 0.0367. The van der Waals surface area contributed by atoms with Crippen LogP contribution in [0.5, 0.6) is 0 Å². The first-order valence-corrected chi connectivity index (χ1v) is 6.96. The molecule has 1 fully saturated rings. The van der Waals surface area contributed by atoms with Crippen LogP contribution in [0.25, 0.3) is 0 Å². The van der Waals surface area contributed by atoms with Gasteiger partial charge in [-0.15, -0.1) is 0 Å². The zero-order valence-corrected chi connectivity index (χ0v) is 12.3. The second-order valence-corrected chi connectivity index (χ2v) is 5.48. The van der Waals surface area contributed by atoms with E-state index >= 15 is 0 Å². The van der Waals surface area contributed by atoms with E-state index in [1.54, 1.807) is 0 Å². The Kier molecular flexibility index (Phi) is 4.86. The predicted molar refractivity (Wildman–Crippen MR) is 80.0 cm³/mol. The van der Waals surface area contributed by atoms with Crippen molar-refractivity contribution in [1.82, 2.24) is 14.9 Å². The fourth-order valence-corrected chi connectivity index (χ4v) is 2.53. The number of hydrogen-bond donors (Lipinski definition) is 2. The third-order valence-electron chi connectivity index (χ3n) is 3.42. The lowest BCUT2D eigenvalue weighted by Gasteiger charge is -2.35. The van der Waals surface area contributed by atoms with Crippen molar-refractivity contribution in [2.24, 2.45) is 11.8 Å². The average molecular weight is 295 g/mol.